The number of nitrogens with two attached hydrogens (primary N) is 1. The smallest absolute Gasteiger partial charge is 0.102 e. The van der Waals surface area contributed by atoms with Crippen LogP contribution in [0.1, 0.15) is 11.1 Å². The summed E-state index contributed by atoms with van der Waals surface area (Å²) in [5.74, 6) is 0. The van der Waals surface area contributed by atoms with Gasteiger partial charge in [0.05, 0.1) is 6.04 Å². The van der Waals surface area contributed by atoms with Gasteiger partial charge >= 0.3 is 0 Å². The van der Waals surface area contributed by atoms with Gasteiger partial charge in [0, 0.05) is 17.1 Å². The zero-order valence-electron chi connectivity index (χ0n) is 10.1. The van der Waals surface area contributed by atoms with Gasteiger partial charge in [-0.15, -0.1) is 4.99 Å². The maximum atomic E-state index is 5.62. The SMILES string of the molecule is NCCc1c[nH]c2ccc(CC3COON3)cc12. The Morgan fingerprint density at radius 2 is 2.33 bits per heavy atom. The van der Waals surface area contributed by atoms with Gasteiger partial charge in [-0.3, -0.25) is 0 Å². The molecule has 5 nitrogen and oxygen atoms in total. The lowest BCUT2D eigenvalue weighted by molar-refractivity contribution is -0.285. The van der Waals surface area contributed by atoms with E-state index in [1.54, 1.807) is 0 Å². The zero-order valence-corrected chi connectivity index (χ0v) is 10.1. The number of rotatable bonds is 4. The van der Waals surface area contributed by atoms with Crippen molar-refractivity contribution in [2.24, 2.45) is 5.73 Å². The lowest BCUT2D eigenvalue weighted by Gasteiger charge is -2.06. The van der Waals surface area contributed by atoms with Crippen molar-refractivity contribution in [1.82, 2.24) is 10.5 Å². The molecular weight excluding hydrogens is 230 g/mol. The topological polar surface area (TPSA) is 72.3 Å². The molecule has 1 aliphatic heterocycles. The first-order valence-corrected chi connectivity index (χ1v) is 6.20. The van der Waals surface area contributed by atoms with Gasteiger partial charge in [0.1, 0.15) is 6.61 Å². The molecule has 2 aromatic rings. The highest BCUT2D eigenvalue weighted by Crippen LogP contribution is 2.21. The van der Waals surface area contributed by atoms with Crippen LogP contribution in [0.3, 0.4) is 0 Å². The Kier molecular flexibility index (Phi) is 3.29. The summed E-state index contributed by atoms with van der Waals surface area (Å²) in [4.78, 5) is 12.8. The average molecular weight is 247 g/mol. The van der Waals surface area contributed by atoms with Gasteiger partial charge in [0.15, 0.2) is 0 Å². The summed E-state index contributed by atoms with van der Waals surface area (Å²) < 4.78 is 0. The minimum Gasteiger partial charge on any atom is -0.361 e. The molecule has 3 rings (SSSR count). The van der Waals surface area contributed by atoms with Crippen LogP contribution >= 0.6 is 0 Å². The summed E-state index contributed by atoms with van der Waals surface area (Å²) in [6, 6.07) is 6.68. The maximum absolute atomic E-state index is 5.62. The second-order valence-corrected chi connectivity index (χ2v) is 4.62. The lowest BCUT2D eigenvalue weighted by Crippen LogP contribution is -2.25. The minimum atomic E-state index is 0.222. The first kappa shape index (κ1) is 11.7. The van der Waals surface area contributed by atoms with Crippen LogP contribution < -0.4 is 11.2 Å². The predicted octanol–water partition coefficient (Wildman–Crippen LogP) is 1.05. The van der Waals surface area contributed by atoms with E-state index < -0.39 is 0 Å². The number of aromatic amines is 1. The number of benzene rings is 1. The van der Waals surface area contributed by atoms with Crippen molar-refractivity contribution in [1.29, 1.82) is 0 Å². The van der Waals surface area contributed by atoms with Crippen LogP contribution in [-0.4, -0.2) is 24.2 Å². The van der Waals surface area contributed by atoms with Crippen LogP contribution in [0.5, 0.6) is 0 Å². The molecule has 2 heterocycles. The van der Waals surface area contributed by atoms with Crippen molar-refractivity contribution in [2.75, 3.05) is 13.2 Å². The number of hydrogen-bond donors (Lipinski definition) is 3. The quantitative estimate of drug-likeness (QED) is 0.706. The van der Waals surface area contributed by atoms with Gasteiger partial charge in [-0.25, -0.2) is 4.89 Å². The van der Waals surface area contributed by atoms with Gasteiger partial charge in [0.25, 0.3) is 0 Å². The van der Waals surface area contributed by atoms with Gasteiger partial charge in [-0.1, -0.05) is 6.07 Å². The van der Waals surface area contributed by atoms with Crippen LogP contribution in [0, 0.1) is 0 Å². The molecule has 4 N–H and O–H groups in total. The third-order valence-electron chi connectivity index (χ3n) is 3.27. The molecule has 1 unspecified atom stereocenters. The van der Waals surface area contributed by atoms with Gasteiger partial charge in [-0.2, -0.15) is 5.48 Å². The van der Waals surface area contributed by atoms with E-state index in [1.807, 2.05) is 6.20 Å². The molecule has 0 bridgehead atoms. The van der Waals surface area contributed by atoms with Crippen molar-refractivity contribution in [3.8, 4) is 0 Å². The molecular formula is C13H17N3O2. The van der Waals surface area contributed by atoms with Crippen molar-refractivity contribution in [3.05, 3.63) is 35.5 Å². The molecule has 0 amide bonds. The number of hydroxylamine groups is 1. The summed E-state index contributed by atoms with van der Waals surface area (Å²) in [6.45, 7) is 1.25. The molecule has 1 aromatic carbocycles. The zero-order chi connectivity index (χ0) is 12.4. The standard InChI is InChI=1S/C13H17N3O2/c14-4-3-10-7-15-13-2-1-9(6-12(10)13)5-11-8-17-18-16-11/h1-2,6-7,11,15-16H,3-5,8,14H2. The van der Waals surface area contributed by atoms with Crippen molar-refractivity contribution in [3.63, 3.8) is 0 Å². The van der Waals surface area contributed by atoms with Crippen molar-refractivity contribution >= 4 is 10.9 Å². The normalized spacial score (nSPS) is 19.7. The summed E-state index contributed by atoms with van der Waals surface area (Å²) in [6.07, 6.45) is 3.84. The van der Waals surface area contributed by atoms with Gasteiger partial charge in [-0.05, 0) is 42.6 Å². The molecule has 0 aliphatic carbocycles. The highest BCUT2D eigenvalue weighted by Gasteiger charge is 2.17. The van der Waals surface area contributed by atoms with E-state index in [-0.39, 0.29) is 6.04 Å². The lowest BCUT2D eigenvalue weighted by atomic mass is 10.0. The summed E-state index contributed by atoms with van der Waals surface area (Å²) in [5, 5.41) is 1.26. The van der Waals surface area contributed by atoms with Crippen molar-refractivity contribution < 1.29 is 9.88 Å². The molecule has 1 saturated heterocycles. The molecule has 96 valence electrons. The Hall–Kier alpha value is -1.40. The molecule has 5 heteroatoms. The van der Waals surface area contributed by atoms with E-state index in [2.05, 4.69) is 28.7 Å². The molecule has 1 aromatic heterocycles. The number of nitrogens with one attached hydrogen (secondary N) is 2. The van der Waals surface area contributed by atoms with Gasteiger partial charge < -0.3 is 10.7 Å². The largest absolute Gasteiger partial charge is 0.361 e. The van der Waals surface area contributed by atoms with Crippen LogP contribution in [0.15, 0.2) is 24.4 Å². The second-order valence-electron chi connectivity index (χ2n) is 4.62. The second kappa shape index (κ2) is 5.07. The summed E-state index contributed by atoms with van der Waals surface area (Å²) in [7, 11) is 0. The van der Waals surface area contributed by atoms with E-state index in [4.69, 9.17) is 15.6 Å². The predicted molar refractivity (Wildman–Crippen MR) is 68.7 cm³/mol. The van der Waals surface area contributed by atoms with Crippen molar-refractivity contribution in [2.45, 2.75) is 18.9 Å². The Labute approximate surface area is 105 Å². The molecule has 0 saturated carbocycles. The highest BCUT2D eigenvalue weighted by atomic mass is 17.3. The monoisotopic (exact) mass is 247 g/mol. The summed E-state index contributed by atoms with van der Waals surface area (Å²) >= 11 is 0. The minimum absolute atomic E-state index is 0.222. The molecule has 0 radical (unpaired) electrons. The Bertz CT molecular complexity index is 532. The van der Waals surface area contributed by atoms with E-state index in [9.17, 15) is 0 Å². The highest BCUT2D eigenvalue weighted by molar-refractivity contribution is 5.83. The fourth-order valence-electron chi connectivity index (χ4n) is 2.35. The van der Waals surface area contributed by atoms with E-state index >= 15 is 0 Å². The van der Waals surface area contributed by atoms with E-state index in [0.717, 1.165) is 18.4 Å². The third-order valence-corrected chi connectivity index (χ3v) is 3.27. The molecule has 1 aliphatic rings. The number of aromatic nitrogens is 1. The molecule has 18 heavy (non-hydrogen) atoms. The first-order valence-electron chi connectivity index (χ1n) is 6.20. The molecule has 0 spiro atoms. The Morgan fingerprint density at radius 3 is 3.11 bits per heavy atom. The number of fused-ring (bicyclic) bond motifs is 1. The van der Waals surface area contributed by atoms with E-state index in [0.29, 0.717) is 13.2 Å². The third kappa shape index (κ3) is 2.26. The molecule has 1 fully saturated rings. The van der Waals surface area contributed by atoms with Crippen LogP contribution in [-0.2, 0) is 22.7 Å². The number of hydrogen-bond acceptors (Lipinski definition) is 4. The summed E-state index contributed by atoms with van der Waals surface area (Å²) in [5.41, 5.74) is 12.2. The number of H-pyrrole nitrogens is 1. The fraction of sp³-hybridized carbons (Fsp3) is 0.385. The van der Waals surface area contributed by atoms with Crippen LogP contribution in [0.25, 0.3) is 10.9 Å². The van der Waals surface area contributed by atoms with E-state index in [1.165, 1.54) is 16.5 Å². The molecule has 1 atom stereocenters. The maximum Gasteiger partial charge on any atom is 0.102 e. The Balaban J connectivity index is 1.86. The van der Waals surface area contributed by atoms with Gasteiger partial charge in [0.2, 0.25) is 0 Å². The average Bonchev–Trinajstić information content (AvgIpc) is 3.00. The van der Waals surface area contributed by atoms with Crippen LogP contribution in [0.2, 0.25) is 0 Å². The Morgan fingerprint density at radius 1 is 1.39 bits per heavy atom. The fourth-order valence-corrected chi connectivity index (χ4v) is 2.35. The van der Waals surface area contributed by atoms with Crippen LogP contribution in [0.4, 0.5) is 0 Å². The first-order chi connectivity index (χ1) is 8.86.